The molecule has 0 fully saturated rings. The van der Waals surface area contributed by atoms with Crippen molar-refractivity contribution in [2.24, 2.45) is 0 Å². The van der Waals surface area contributed by atoms with E-state index in [1.165, 1.54) is 32.1 Å². The molecule has 0 unspecified atom stereocenters. The molecule has 0 aromatic carbocycles. The first kappa shape index (κ1) is 17.2. The minimum Gasteiger partial charge on any atom is -0.385 e. The largest absolute Gasteiger partial charge is 0.385 e. The molecule has 0 atom stereocenters. The molecule has 0 aliphatic carbocycles. The predicted molar refractivity (Wildman–Crippen MR) is 76.6 cm³/mol. The Morgan fingerprint density at radius 2 is 1.78 bits per heavy atom. The SMILES string of the molecule is C=CCCCCCCCCC(=O)NCCCOC. The number of rotatable bonds is 13. The zero-order valence-corrected chi connectivity index (χ0v) is 11.9. The summed E-state index contributed by atoms with van der Waals surface area (Å²) in [6, 6.07) is 0. The third-order valence-electron chi connectivity index (χ3n) is 2.91. The topological polar surface area (TPSA) is 38.3 Å². The van der Waals surface area contributed by atoms with Crippen molar-refractivity contribution in [1.29, 1.82) is 0 Å². The molecule has 0 spiro atoms. The van der Waals surface area contributed by atoms with Crippen LogP contribution in [0.5, 0.6) is 0 Å². The average Bonchev–Trinajstić information content (AvgIpc) is 2.38. The number of hydrogen-bond acceptors (Lipinski definition) is 2. The van der Waals surface area contributed by atoms with Gasteiger partial charge in [-0.2, -0.15) is 0 Å². The van der Waals surface area contributed by atoms with Crippen molar-refractivity contribution in [3.63, 3.8) is 0 Å². The van der Waals surface area contributed by atoms with E-state index in [0.717, 1.165) is 25.8 Å². The zero-order valence-electron chi connectivity index (χ0n) is 11.9. The molecule has 0 heterocycles. The highest BCUT2D eigenvalue weighted by atomic mass is 16.5. The second kappa shape index (κ2) is 14.2. The van der Waals surface area contributed by atoms with Crippen LogP contribution in [0.3, 0.4) is 0 Å². The minimum absolute atomic E-state index is 0.178. The van der Waals surface area contributed by atoms with Crippen LogP contribution in [-0.4, -0.2) is 26.2 Å². The molecule has 18 heavy (non-hydrogen) atoms. The Bertz CT molecular complexity index is 205. The number of methoxy groups -OCH3 is 1. The maximum absolute atomic E-state index is 11.4. The fraction of sp³-hybridized carbons (Fsp3) is 0.800. The van der Waals surface area contributed by atoms with Gasteiger partial charge in [0.1, 0.15) is 0 Å². The number of hydrogen-bond donors (Lipinski definition) is 1. The van der Waals surface area contributed by atoms with Crippen molar-refractivity contribution in [3.05, 3.63) is 12.7 Å². The lowest BCUT2D eigenvalue weighted by atomic mass is 10.1. The Labute approximate surface area is 112 Å². The third-order valence-corrected chi connectivity index (χ3v) is 2.91. The first-order chi connectivity index (χ1) is 8.81. The molecule has 3 heteroatoms. The van der Waals surface area contributed by atoms with Gasteiger partial charge >= 0.3 is 0 Å². The highest BCUT2D eigenvalue weighted by Gasteiger charge is 1.99. The maximum atomic E-state index is 11.4. The van der Waals surface area contributed by atoms with Crippen LogP contribution in [0.25, 0.3) is 0 Å². The molecule has 0 radical (unpaired) electrons. The number of nitrogens with one attached hydrogen (secondary N) is 1. The van der Waals surface area contributed by atoms with Gasteiger partial charge < -0.3 is 10.1 Å². The van der Waals surface area contributed by atoms with E-state index in [0.29, 0.717) is 13.0 Å². The van der Waals surface area contributed by atoms with Crippen LogP contribution in [0, 0.1) is 0 Å². The van der Waals surface area contributed by atoms with Crippen molar-refractivity contribution < 1.29 is 9.53 Å². The van der Waals surface area contributed by atoms with Crippen molar-refractivity contribution in [1.82, 2.24) is 5.32 Å². The molecule has 0 aliphatic rings. The summed E-state index contributed by atoms with van der Waals surface area (Å²) in [4.78, 5) is 11.4. The highest BCUT2D eigenvalue weighted by Crippen LogP contribution is 2.08. The molecule has 106 valence electrons. The van der Waals surface area contributed by atoms with Gasteiger partial charge in [-0.25, -0.2) is 0 Å². The molecular weight excluding hydrogens is 226 g/mol. The van der Waals surface area contributed by atoms with E-state index in [4.69, 9.17) is 4.74 Å². The lowest BCUT2D eigenvalue weighted by Crippen LogP contribution is -2.24. The van der Waals surface area contributed by atoms with Crippen molar-refractivity contribution >= 4 is 5.91 Å². The monoisotopic (exact) mass is 255 g/mol. The standard InChI is InChI=1S/C15H29NO2/c1-3-4-5-6-7-8-9-10-12-15(17)16-13-11-14-18-2/h3H,1,4-14H2,2H3,(H,16,17). The molecule has 0 saturated heterocycles. The summed E-state index contributed by atoms with van der Waals surface area (Å²) in [5.41, 5.74) is 0. The summed E-state index contributed by atoms with van der Waals surface area (Å²) in [5, 5.41) is 2.91. The van der Waals surface area contributed by atoms with Crippen molar-refractivity contribution in [2.45, 2.75) is 57.8 Å². The fourth-order valence-corrected chi connectivity index (χ4v) is 1.81. The second-order valence-corrected chi connectivity index (χ2v) is 4.64. The van der Waals surface area contributed by atoms with Crippen LogP contribution in [0.1, 0.15) is 57.8 Å². The summed E-state index contributed by atoms with van der Waals surface area (Å²) in [6.45, 7) is 5.15. The number of carbonyl (C=O) groups excluding carboxylic acids is 1. The first-order valence-electron chi connectivity index (χ1n) is 7.17. The molecule has 3 nitrogen and oxygen atoms in total. The van der Waals surface area contributed by atoms with Crippen LogP contribution >= 0.6 is 0 Å². The summed E-state index contributed by atoms with van der Waals surface area (Å²) in [7, 11) is 1.68. The van der Waals surface area contributed by atoms with Gasteiger partial charge in [-0.15, -0.1) is 6.58 Å². The zero-order chi connectivity index (χ0) is 13.5. The van der Waals surface area contributed by atoms with Gasteiger partial charge in [0.2, 0.25) is 5.91 Å². The maximum Gasteiger partial charge on any atom is 0.219 e. The van der Waals surface area contributed by atoms with Crippen molar-refractivity contribution in [2.75, 3.05) is 20.3 Å². The quantitative estimate of drug-likeness (QED) is 0.404. The molecule has 0 rings (SSSR count). The summed E-state index contributed by atoms with van der Waals surface area (Å²) in [5.74, 6) is 0.178. The molecule has 0 aromatic heterocycles. The van der Waals surface area contributed by atoms with E-state index in [1.54, 1.807) is 7.11 Å². The van der Waals surface area contributed by atoms with E-state index in [9.17, 15) is 4.79 Å². The van der Waals surface area contributed by atoms with E-state index in [2.05, 4.69) is 11.9 Å². The molecule has 1 amide bonds. The minimum atomic E-state index is 0.178. The molecular formula is C15H29NO2. The second-order valence-electron chi connectivity index (χ2n) is 4.64. The smallest absolute Gasteiger partial charge is 0.219 e. The van der Waals surface area contributed by atoms with E-state index in [-0.39, 0.29) is 5.91 Å². The fourth-order valence-electron chi connectivity index (χ4n) is 1.81. The van der Waals surface area contributed by atoms with Crippen LogP contribution < -0.4 is 5.32 Å². The Kier molecular flexibility index (Phi) is 13.6. The molecule has 1 N–H and O–H groups in total. The van der Waals surface area contributed by atoms with Gasteiger partial charge in [-0.05, 0) is 25.7 Å². The Hall–Kier alpha value is -0.830. The highest BCUT2D eigenvalue weighted by molar-refractivity contribution is 5.75. The van der Waals surface area contributed by atoms with Crippen LogP contribution in [0.4, 0.5) is 0 Å². The van der Waals surface area contributed by atoms with Crippen LogP contribution in [-0.2, 0) is 9.53 Å². The van der Waals surface area contributed by atoms with Crippen LogP contribution in [0.2, 0.25) is 0 Å². The number of unbranched alkanes of at least 4 members (excludes halogenated alkanes) is 6. The lowest BCUT2D eigenvalue weighted by Gasteiger charge is -2.04. The summed E-state index contributed by atoms with van der Waals surface area (Å²) < 4.78 is 4.92. The predicted octanol–water partition coefficient (Wildman–Crippen LogP) is 3.45. The molecule has 0 bridgehead atoms. The molecule has 0 aromatic rings. The normalized spacial score (nSPS) is 10.3. The van der Waals surface area contributed by atoms with Gasteiger partial charge in [-0.3, -0.25) is 4.79 Å². The van der Waals surface area contributed by atoms with Gasteiger partial charge in [0, 0.05) is 26.7 Å². The van der Waals surface area contributed by atoms with Gasteiger partial charge in [0.25, 0.3) is 0 Å². The molecule has 0 saturated carbocycles. The number of allylic oxidation sites excluding steroid dienone is 1. The van der Waals surface area contributed by atoms with Gasteiger partial charge in [0.15, 0.2) is 0 Å². The summed E-state index contributed by atoms with van der Waals surface area (Å²) in [6.07, 6.45) is 11.9. The van der Waals surface area contributed by atoms with Gasteiger partial charge in [-0.1, -0.05) is 31.8 Å². The van der Waals surface area contributed by atoms with E-state index >= 15 is 0 Å². The van der Waals surface area contributed by atoms with Crippen molar-refractivity contribution in [3.8, 4) is 0 Å². The Balaban J connectivity index is 3.12. The summed E-state index contributed by atoms with van der Waals surface area (Å²) >= 11 is 0. The lowest BCUT2D eigenvalue weighted by molar-refractivity contribution is -0.121. The van der Waals surface area contributed by atoms with E-state index < -0.39 is 0 Å². The number of ether oxygens (including phenoxy) is 1. The van der Waals surface area contributed by atoms with Gasteiger partial charge in [0.05, 0.1) is 0 Å². The Morgan fingerprint density at radius 3 is 2.44 bits per heavy atom. The average molecular weight is 255 g/mol. The number of amides is 1. The third kappa shape index (κ3) is 13.2. The Morgan fingerprint density at radius 1 is 1.11 bits per heavy atom. The van der Waals surface area contributed by atoms with Crippen LogP contribution in [0.15, 0.2) is 12.7 Å². The number of carbonyl (C=O) groups is 1. The first-order valence-corrected chi connectivity index (χ1v) is 7.17. The molecule has 0 aliphatic heterocycles. The van der Waals surface area contributed by atoms with E-state index in [1.807, 2.05) is 6.08 Å².